The van der Waals surface area contributed by atoms with Crippen molar-refractivity contribution in [1.29, 1.82) is 0 Å². The molecule has 8 heteroatoms. The van der Waals surface area contributed by atoms with E-state index in [2.05, 4.69) is 46.4 Å². The highest BCUT2D eigenvalue weighted by atomic mass is 127. The van der Waals surface area contributed by atoms with Crippen molar-refractivity contribution in [3.8, 4) is 5.88 Å². The Labute approximate surface area is 200 Å². The highest BCUT2D eigenvalue weighted by Gasteiger charge is 2.19. The second-order valence-electron chi connectivity index (χ2n) is 7.92. The molecule has 0 atom stereocenters. The maximum absolute atomic E-state index is 5.80. The Balaban J connectivity index is 0.00000341. The third-order valence-electron chi connectivity index (χ3n) is 4.41. The number of oxazole rings is 1. The molecule has 166 valence electrons. The van der Waals surface area contributed by atoms with Gasteiger partial charge < -0.3 is 19.8 Å². The molecule has 0 unspecified atom stereocenters. The fourth-order valence-electron chi connectivity index (χ4n) is 2.68. The second kappa shape index (κ2) is 11.7. The van der Waals surface area contributed by atoms with Gasteiger partial charge in [-0.2, -0.15) is 0 Å². The Morgan fingerprint density at radius 2 is 1.77 bits per heavy atom. The molecule has 2 aromatic heterocycles. The van der Waals surface area contributed by atoms with E-state index in [0.29, 0.717) is 37.4 Å². The van der Waals surface area contributed by atoms with Gasteiger partial charge in [-0.05, 0) is 17.2 Å². The minimum atomic E-state index is -0.0627. The lowest BCUT2D eigenvalue weighted by molar-refractivity contribution is 0.293. The molecule has 2 heterocycles. The number of hydrogen-bond acceptors (Lipinski definition) is 5. The van der Waals surface area contributed by atoms with Crippen molar-refractivity contribution in [1.82, 2.24) is 20.6 Å². The van der Waals surface area contributed by atoms with E-state index in [-0.39, 0.29) is 29.4 Å². The zero-order valence-electron chi connectivity index (χ0n) is 18.4. The van der Waals surface area contributed by atoms with Gasteiger partial charge in [0.15, 0.2) is 5.96 Å². The molecule has 3 rings (SSSR count). The first-order valence-electron chi connectivity index (χ1n) is 9.95. The molecule has 0 fully saturated rings. The highest BCUT2D eigenvalue weighted by molar-refractivity contribution is 14.0. The van der Waals surface area contributed by atoms with Crippen LogP contribution in [0.25, 0.3) is 0 Å². The monoisotopic (exact) mass is 535 g/mol. The molecule has 0 aliphatic carbocycles. The predicted molar refractivity (Wildman–Crippen MR) is 133 cm³/mol. The average Bonchev–Trinajstić information content (AvgIpc) is 3.23. The number of benzene rings is 1. The number of rotatable bonds is 7. The molecule has 0 spiro atoms. The van der Waals surface area contributed by atoms with Crippen LogP contribution >= 0.6 is 24.0 Å². The van der Waals surface area contributed by atoms with Gasteiger partial charge in [0.1, 0.15) is 12.4 Å². The summed E-state index contributed by atoms with van der Waals surface area (Å²) in [6.07, 6.45) is 3.52. The van der Waals surface area contributed by atoms with Crippen molar-refractivity contribution in [2.24, 2.45) is 4.99 Å². The maximum atomic E-state index is 5.80. The van der Waals surface area contributed by atoms with E-state index >= 15 is 0 Å². The summed E-state index contributed by atoms with van der Waals surface area (Å²) in [5.74, 6) is 2.75. The first-order chi connectivity index (χ1) is 14.4. The number of pyridine rings is 1. The normalized spacial score (nSPS) is 11.5. The lowest BCUT2D eigenvalue weighted by Crippen LogP contribution is -2.36. The number of aliphatic imine (C=N–C) groups is 1. The fourth-order valence-corrected chi connectivity index (χ4v) is 2.68. The van der Waals surface area contributed by atoms with Gasteiger partial charge >= 0.3 is 0 Å². The van der Waals surface area contributed by atoms with Crippen LogP contribution in [0.5, 0.6) is 5.88 Å². The van der Waals surface area contributed by atoms with Crippen molar-refractivity contribution in [2.75, 3.05) is 7.05 Å². The van der Waals surface area contributed by atoms with E-state index in [0.717, 1.165) is 16.9 Å². The second-order valence-corrected chi connectivity index (χ2v) is 7.92. The number of ether oxygens (including phenoxy) is 1. The lowest BCUT2D eigenvalue weighted by Gasteiger charge is -2.13. The van der Waals surface area contributed by atoms with Crippen molar-refractivity contribution in [2.45, 2.75) is 45.9 Å². The number of aromatic nitrogens is 2. The molecule has 1 aromatic carbocycles. The molecular formula is C23H30IN5O2. The molecule has 0 amide bonds. The van der Waals surface area contributed by atoms with Gasteiger partial charge in [-0.25, -0.2) is 9.97 Å². The molecule has 31 heavy (non-hydrogen) atoms. The summed E-state index contributed by atoms with van der Waals surface area (Å²) in [5, 5.41) is 6.50. The van der Waals surface area contributed by atoms with E-state index in [9.17, 15) is 0 Å². The topological polar surface area (TPSA) is 84.6 Å². The van der Waals surface area contributed by atoms with Crippen LogP contribution in [0.4, 0.5) is 0 Å². The molecule has 0 bridgehead atoms. The van der Waals surface area contributed by atoms with Gasteiger partial charge in [0.2, 0.25) is 11.8 Å². The van der Waals surface area contributed by atoms with Gasteiger partial charge in [-0.3, -0.25) is 4.99 Å². The van der Waals surface area contributed by atoms with E-state index in [1.165, 1.54) is 0 Å². The predicted octanol–water partition coefficient (Wildman–Crippen LogP) is 4.43. The number of nitrogens with one attached hydrogen (secondary N) is 2. The summed E-state index contributed by atoms with van der Waals surface area (Å²) in [6, 6.07) is 13.9. The summed E-state index contributed by atoms with van der Waals surface area (Å²) in [7, 11) is 1.73. The third-order valence-corrected chi connectivity index (χ3v) is 4.41. The number of nitrogens with zero attached hydrogens (tertiary/aromatic N) is 3. The molecule has 0 radical (unpaired) electrons. The Morgan fingerprint density at radius 1 is 1.03 bits per heavy atom. The minimum absolute atomic E-state index is 0. The van der Waals surface area contributed by atoms with Gasteiger partial charge in [0, 0.05) is 31.3 Å². The summed E-state index contributed by atoms with van der Waals surface area (Å²) >= 11 is 0. The molecule has 0 saturated heterocycles. The van der Waals surface area contributed by atoms with Gasteiger partial charge in [-0.1, -0.05) is 51.1 Å². The highest BCUT2D eigenvalue weighted by Crippen LogP contribution is 2.22. The molecular weight excluding hydrogens is 505 g/mol. The first-order valence-corrected chi connectivity index (χ1v) is 9.95. The summed E-state index contributed by atoms with van der Waals surface area (Å²) in [6.45, 7) is 7.81. The zero-order valence-corrected chi connectivity index (χ0v) is 20.7. The smallest absolute Gasteiger partial charge is 0.213 e. The number of hydrogen-bond donors (Lipinski definition) is 2. The van der Waals surface area contributed by atoms with Crippen LogP contribution in [0.15, 0.2) is 64.3 Å². The van der Waals surface area contributed by atoms with Crippen LogP contribution in [-0.2, 0) is 25.1 Å². The van der Waals surface area contributed by atoms with Crippen molar-refractivity contribution < 1.29 is 9.15 Å². The largest absolute Gasteiger partial charge is 0.473 e. The van der Waals surface area contributed by atoms with Crippen LogP contribution in [0, 0.1) is 0 Å². The molecule has 2 N–H and O–H groups in total. The van der Waals surface area contributed by atoms with Crippen LogP contribution in [0.2, 0.25) is 0 Å². The van der Waals surface area contributed by atoms with Crippen LogP contribution in [0.1, 0.15) is 43.5 Å². The summed E-state index contributed by atoms with van der Waals surface area (Å²) in [5.41, 5.74) is 2.09. The summed E-state index contributed by atoms with van der Waals surface area (Å²) < 4.78 is 11.6. The standard InChI is InChI=1S/C23H29N5O2.HI/c1-23(2,3)19-14-26-21(30-19)15-28-22(24-4)27-13-18-10-11-25-20(12-18)29-16-17-8-6-5-7-9-17;/h5-12,14H,13,15-16H2,1-4H3,(H2,24,27,28);1H. The van der Waals surface area contributed by atoms with Crippen LogP contribution in [-0.4, -0.2) is 23.0 Å². The Hall–Kier alpha value is -2.62. The van der Waals surface area contributed by atoms with E-state index < -0.39 is 0 Å². The average molecular weight is 535 g/mol. The number of guanidine groups is 1. The van der Waals surface area contributed by atoms with Gasteiger partial charge in [-0.15, -0.1) is 24.0 Å². The van der Waals surface area contributed by atoms with Crippen LogP contribution in [0.3, 0.4) is 0 Å². The van der Waals surface area contributed by atoms with Crippen LogP contribution < -0.4 is 15.4 Å². The number of halogens is 1. The Morgan fingerprint density at radius 3 is 2.45 bits per heavy atom. The third kappa shape index (κ3) is 7.86. The molecule has 7 nitrogen and oxygen atoms in total. The molecule has 3 aromatic rings. The fraction of sp³-hybridized carbons (Fsp3) is 0.348. The van der Waals surface area contributed by atoms with E-state index in [4.69, 9.17) is 9.15 Å². The first kappa shape index (κ1) is 24.6. The van der Waals surface area contributed by atoms with Gasteiger partial charge in [0.25, 0.3) is 0 Å². The molecule has 0 aliphatic rings. The van der Waals surface area contributed by atoms with Crippen molar-refractivity contribution >= 4 is 29.9 Å². The summed E-state index contributed by atoms with van der Waals surface area (Å²) in [4.78, 5) is 12.9. The van der Waals surface area contributed by atoms with Crippen molar-refractivity contribution in [3.05, 3.63) is 77.6 Å². The maximum Gasteiger partial charge on any atom is 0.213 e. The SMILES string of the molecule is CN=C(NCc1ccnc(OCc2ccccc2)c1)NCc1ncc(C(C)(C)C)o1.I. The Kier molecular flexibility index (Phi) is 9.29. The van der Waals surface area contributed by atoms with E-state index in [1.54, 1.807) is 19.4 Å². The van der Waals surface area contributed by atoms with E-state index in [1.807, 2.05) is 42.5 Å². The minimum Gasteiger partial charge on any atom is -0.473 e. The van der Waals surface area contributed by atoms with Crippen molar-refractivity contribution in [3.63, 3.8) is 0 Å². The van der Waals surface area contributed by atoms with Gasteiger partial charge in [0.05, 0.1) is 12.7 Å². The Bertz CT molecular complexity index is 967. The quantitative estimate of drug-likeness (QED) is 0.265. The molecule has 0 saturated carbocycles. The molecule has 0 aliphatic heterocycles. The zero-order chi connectivity index (χ0) is 21.4. The lowest BCUT2D eigenvalue weighted by atomic mass is 9.94.